The van der Waals surface area contributed by atoms with Crippen molar-refractivity contribution in [2.24, 2.45) is 0 Å². The van der Waals surface area contributed by atoms with Gasteiger partial charge in [-0.15, -0.1) is 0 Å². The van der Waals surface area contributed by atoms with Crippen LogP contribution >= 0.6 is 0 Å². The summed E-state index contributed by atoms with van der Waals surface area (Å²) in [6, 6.07) is 6.90. The predicted molar refractivity (Wildman–Crippen MR) is 70.3 cm³/mol. The minimum absolute atomic E-state index is 0.275. The fourth-order valence-electron chi connectivity index (χ4n) is 2.34. The summed E-state index contributed by atoms with van der Waals surface area (Å²) in [6.07, 6.45) is 4.22. The second kappa shape index (κ2) is 5.46. The van der Waals surface area contributed by atoms with Gasteiger partial charge in [-0.25, -0.2) is 0 Å². The van der Waals surface area contributed by atoms with Gasteiger partial charge in [-0.3, -0.25) is 4.79 Å². The minimum Gasteiger partial charge on any atom is -0.308 e. The summed E-state index contributed by atoms with van der Waals surface area (Å²) in [5.74, 6) is 0.275. The van der Waals surface area contributed by atoms with Crippen LogP contribution < -0.4 is 5.32 Å². The van der Waals surface area contributed by atoms with Gasteiger partial charge in [0.2, 0.25) is 0 Å². The Kier molecular flexibility index (Phi) is 3.95. The average Bonchev–Trinajstić information content (AvgIpc) is 2.73. The first-order valence-corrected chi connectivity index (χ1v) is 6.51. The molecule has 0 atom stereocenters. The van der Waals surface area contributed by atoms with Crippen molar-refractivity contribution in [2.75, 3.05) is 6.54 Å². The van der Waals surface area contributed by atoms with E-state index in [1.54, 1.807) is 0 Å². The van der Waals surface area contributed by atoms with Crippen LogP contribution in [0.15, 0.2) is 18.2 Å². The molecule has 2 heteroatoms. The topological polar surface area (TPSA) is 29.1 Å². The van der Waals surface area contributed by atoms with Crippen molar-refractivity contribution in [3.63, 3.8) is 0 Å². The molecule has 0 fully saturated rings. The van der Waals surface area contributed by atoms with Gasteiger partial charge in [-0.2, -0.15) is 0 Å². The highest BCUT2D eigenvalue weighted by Gasteiger charge is 2.12. The lowest BCUT2D eigenvalue weighted by Crippen LogP contribution is -2.29. The molecule has 0 saturated heterocycles. The Morgan fingerprint density at radius 1 is 1.29 bits per heavy atom. The van der Waals surface area contributed by atoms with E-state index in [4.69, 9.17) is 0 Å². The van der Waals surface area contributed by atoms with E-state index in [0.29, 0.717) is 19.0 Å². The number of nitrogens with one attached hydrogen (secondary N) is 1. The molecule has 0 saturated carbocycles. The first-order valence-electron chi connectivity index (χ1n) is 6.51. The second-order valence-electron chi connectivity index (χ2n) is 5.21. The Hall–Kier alpha value is -1.15. The largest absolute Gasteiger partial charge is 0.308 e. The summed E-state index contributed by atoms with van der Waals surface area (Å²) >= 11 is 0. The van der Waals surface area contributed by atoms with Crippen molar-refractivity contribution in [3.8, 4) is 0 Å². The maximum absolute atomic E-state index is 11.8. The summed E-state index contributed by atoms with van der Waals surface area (Å²) in [5.41, 5.74) is 4.09. The lowest BCUT2D eigenvalue weighted by molar-refractivity contribution is -0.117. The van der Waals surface area contributed by atoms with Gasteiger partial charge in [0.25, 0.3) is 0 Å². The van der Waals surface area contributed by atoms with Crippen LogP contribution in [0.25, 0.3) is 0 Å². The maximum Gasteiger partial charge on any atom is 0.150 e. The summed E-state index contributed by atoms with van der Waals surface area (Å²) in [4.78, 5) is 11.8. The number of rotatable bonds is 5. The lowest BCUT2D eigenvalue weighted by Gasteiger charge is -2.08. The highest BCUT2D eigenvalue weighted by molar-refractivity contribution is 5.82. The number of Topliss-reactive ketones (excluding diaryl/α,β-unsaturated/α-hetero) is 1. The normalized spacial score (nSPS) is 14.1. The van der Waals surface area contributed by atoms with Crippen molar-refractivity contribution in [1.29, 1.82) is 0 Å². The van der Waals surface area contributed by atoms with Crippen molar-refractivity contribution >= 4 is 5.78 Å². The van der Waals surface area contributed by atoms with Crippen LogP contribution in [-0.4, -0.2) is 18.4 Å². The zero-order chi connectivity index (χ0) is 12.3. The third-order valence-corrected chi connectivity index (χ3v) is 3.27. The standard InChI is InChI=1S/C15H21NO/c1-11(2)16-10-15(17)9-12-6-7-13-4-3-5-14(13)8-12/h6-8,11,16H,3-5,9-10H2,1-2H3. The van der Waals surface area contributed by atoms with Gasteiger partial charge in [0.15, 0.2) is 5.78 Å². The molecule has 1 aromatic rings. The van der Waals surface area contributed by atoms with E-state index in [1.807, 2.05) is 0 Å². The van der Waals surface area contributed by atoms with Crippen LogP contribution in [0.4, 0.5) is 0 Å². The van der Waals surface area contributed by atoms with E-state index in [0.717, 1.165) is 0 Å². The molecule has 0 radical (unpaired) electrons. The van der Waals surface area contributed by atoms with E-state index in [9.17, 15) is 4.79 Å². The van der Waals surface area contributed by atoms with Gasteiger partial charge in [-0.05, 0) is 36.0 Å². The fourth-order valence-corrected chi connectivity index (χ4v) is 2.34. The summed E-state index contributed by atoms with van der Waals surface area (Å²) in [6.45, 7) is 4.60. The molecule has 92 valence electrons. The molecule has 17 heavy (non-hydrogen) atoms. The molecule has 1 aliphatic carbocycles. The molecular weight excluding hydrogens is 210 g/mol. The van der Waals surface area contributed by atoms with E-state index in [-0.39, 0.29) is 5.78 Å². The SMILES string of the molecule is CC(C)NCC(=O)Cc1ccc2c(c1)CCC2. The summed E-state index contributed by atoms with van der Waals surface area (Å²) in [7, 11) is 0. The third-order valence-electron chi connectivity index (χ3n) is 3.27. The van der Waals surface area contributed by atoms with Gasteiger partial charge in [0, 0.05) is 12.5 Å². The summed E-state index contributed by atoms with van der Waals surface area (Å²) < 4.78 is 0. The quantitative estimate of drug-likeness (QED) is 0.842. The molecule has 1 aliphatic rings. The van der Waals surface area contributed by atoms with Crippen molar-refractivity contribution in [1.82, 2.24) is 5.32 Å². The number of fused-ring (bicyclic) bond motifs is 1. The van der Waals surface area contributed by atoms with Crippen LogP contribution in [0, 0.1) is 0 Å². The number of carbonyl (C=O) groups excluding carboxylic acids is 1. The third kappa shape index (κ3) is 3.40. The monoisotopic (exact) mass is 231 g/mol. The Balaban J connectivity index is 1.92. The highest BCUT2D eigenvalue weighted by atomic mass is 16.1. The molecule has 2 rings (SSSR count). The molecule has 1 aromatic carbocycles. The zero-order valence-electron chi connectivity index (χ0n) is 10.8. The van der Waals surface area contributed by atoms with E-state index >= 15 is 0 Å². The smallest absolute Gasteiger partial charge is 0.150 e. The number of aryl methyl sites for hydroxylation is 2. The molecule has 0 aliphatic heterocycles. The molecule has 2 nitrogen and oxygen atoms in total. The van der Waals surface area contributed by atoms with E-state index in [2.05, 4.69) is 37.4 Å². The van der Waals surface area contributed by atoms with Gasteiger partial charge < -0.3 is 5.32 Å². The molecule has 0 aromatic heterocycles. The first kappa shape index (κ1) is 12.3. The van der Waals surface area contributed by atoms with Crippen LogP contribution in [0.2, 0.25) is 0 Å². The fraction of sp³-hybridized carbons (Fsp3) is 0.533. The average molecular weight is 231 g/mol. The lowest BCUT2D eigenvalue weighted by atomic mass is 10.0. The van der Waals surface area contributed by atoms with Crippen molar-refractivity contribution < 1.29 is 4.79 Å². The van der Waals surface area contributed by atoms with Gasteiger partial charge in [0.1, 0.15) is 0 Å². The van der Waals surface area contributed by atoms with Crippen LogP contribution in [-0.2, 0) is 24.1 Å². The predicted octanol–water partition coefficient (Wildman–Crippen LogP) is 2.28. The van der Waals surface area contributed by atoms with Crippen molar-refractivity contribution in [3.05, 3.63) is 34.9 Å². The van der Waals surface area contributed by atoms with Gasteiger partial charge >= 0.3 is 0 Å². The van der Waals surface area contributed by atoms with Crippen LogP contribution in [0.3, 0.4) is 0 Å². The van der Waals surface area contributed by atoms with E-state index < -0.39 is 0 Å². The maximum atomic E-state index is 11.8. The Labute approximate surface area is 103 Å². The number of carbonyl (C=O) groups is 1. The molecule has 0 unspecified atom stereocenters. The molecule has 0 bridgehead atoms. The number of benzene rings is 1. The minimum atomic E-state index is 0.275. The molecule has 0 amide bonds. The van der Waals surface area contributed by atoms with Crippen LogP contribution in [0.5, 0.6) is 0 Å². The number of hydrogen-bond donors (Lipinski definition) is 1. The first-order chi connectivity index (χ1) is 8.15. The number of ketones is 1. The van der Waals surface area contributed by atoms with E-state index in [1.165, 1.54) is 36.0 Å². The summed E-state index contributed by atoms with van der Waals surface area (Å²) in [5, 5.41) is 3.17. The molecular formula is C15H21NO. The van der Waals surface area contributed by atoms with Crippen molar-refractivity contribution in [2.45, 2.75) is 45.6 Å². The zero-order valence-corrected chi connectivity index (χ0v) is 10.8. The van der Waals surface area contributed by atoms with Gasteiger partial charge in [0.05, 0.1) is 6.54 Å². The second-order valence-corrected chi connectivity index (χ2v) is 5.21. The van der Waals surface area contributed by atoms with Crippen LogP contribution in [0.1, 0.15) is 37.0 Å². The van der Waals surface area contributed by atoms with Gasteiger partial charge in [-0.1, -0.05) is 32.0 Å². The Morgan fingerprint density at radius 2 is 2.06 bits per heavy atom. The molecule has 1 N–H and O–H groups in total. The Bertz CT molecular complexity index is 409. The molecule has 0 spiro atoms. The highest BCUT2D eigenvalue weighted by Crippen LogP contribution is 2.22. The molecule has 0 heterocycles. The Morgan fingerprint density at radius 3 is 2.82 bits per heavy atom. The number of hydrogen-bond acceptors (Lipinski definition) is 2.